The predicted molar refractivity (Wildman–Crippen MR) is 77.4 cm³/mol. The largest absolute Gasteiger partial charge is 0.465 e. The maximum Gasteiger partial charge on any atom is 0.421 e. The number of benzene rings is 2. The number of aromatic nitrogens is 1. The van der Waals surface area contributed by atoms with E-state index in [4.69, 9.17) is 4.42 Å². The van der Waals surface area contributed by atoms with Crippen molar-refractivity contribution in [1.29, 1.82) is 0 Å². The van der Waals surface area contributed by atoms with Crippen LogP contribution in [0.15, 0.2) is 63.8 Å². The molecule has 0 unspecified atom stereocenters. The van der Waals surface area contributed by atoms with Crippen molar-refractivity contribution in [3.05, 3.63) is 65.1 Å². The van der Waals surface area contributed by atoms with Gasteiger partial charge in [0.15, 0.2) is 5.58 Å². The molecule has 6 heteroatoms. The summed E-state index contributed by atoms with van der Waals surface area (Å²) in [6, 6.07) is 15.5. The molecule has 21 heavy (non-hydrogen) atoms. The molecule has 0 saturated heterocycles. The highest BCUT2D eigenvalue weighted by Crippen LogP contribution is 2.17. The Labute approximate surface area is 119 Å². The molecule has 0 radical (unpaired) electrons. The summed E-state index contributed by atoms with van der Waals surface area (Å²) in [6.07, 6.45) is -1.14. The van der Waals surface area contributed by atoms with Gasteiger partial charge in [-0.05, 0) is 24.3 Å². The van der Waals surface area contributed by atoms with Crippen molar-refractivity contribution in [3.63, 3.8) is 0 Å². The second kappa shape index (κ2) is 5.16. The van der Waals surface area contributed by atoms with Crippen LogP contribution in [-0.2, 0) is 6.67 Å². The van der Waals surface area contributed by atoms with Crippen molar-refractivity contribution in [2.75, 3.05) is 4.90 Å². The van der Waals surface area contributed by atoms with Crippen LogP contribution in [-0.4, -0.2) is 15.8 Å². The van der Waals surface area contributed by atoms with Crippen LogP contribution in [0.2, 0.25) is 0 Å². The van der Waals surface area contributed by atoms with Crippen molar-refractivity contribution < 1.29 is 14.3 Å². The smallest absolute Gasteiger partial charge is 0.421 e. The molecular formula is C15H12N2O4. The zero-order valence-corrected chi connectivity index (χ0v) is 11.0. The van der Waals surface area contributed by atoms with Gasteiger partial charge in [-0.15, -0.1) is 0 Å². The first-order chi connectivity index (χ1) is 10.2. The van der Waals surface area contributed by atoms with Crippen molar-refractivity contribution >= 4 is 22.9 Å². The molecule has 3 aromatic rings. The van der Waals surface area contributed by atoms with Crippen LogP contribution in [0, 0.1) is 0 Å². The number of amides is 1. The third kappa shape index (κ3) is 2.38. The Hall–Kier alpha value is -3.02. The van der Waals surface area contributed by atoms with Gasteiger partial charge in [-0.1, -0.05) is 30.3 Å². The summed E-state index contributed by atoms with van der Waals surface area (Å²) >= 11 is 0. The van der Waals surface area contributed by atoms with E-state index < -0.39 is 11.8 Å². The van der Waals surface area contributed by atoms with Gasteiger partial charge in [-0.25, -0.2) is 9.59 Å². The third-order valence-corrected chi connectivity index (χ3v) is 3.16. The highest BCUT2D eigenvalue weighted by atomic mass is 16.4. The summed E-state index contributed by atoms with van der Waals surface area (Å²) in [5.41, 5.74) is 1.48. The van der Waals surface area contributed by atoms with Crippen molar-refractivity contribution in [2.24, 2.45) is 0 Å². The van der Waals surface area contributed by atoms with Gasteiger partial charge >= 0.3 is 11.8 Å². The topological polar surface area (TPSA) is 75.7 Å². The molecule has 1 amide bonds. The summed E-state index contributed by atoms with van der Waals surface area (Å²) in [5, 5.41) is 9.37. The lowest BCUT2D eigenvalue weighted by Gasteiger charge is -2.19. The molecule has 0 aliphatic rings. The van der Waals surface area contributed by atoms with Crippen LogP contribution in [0.25, 0.3) is 11.1 Å². The number of hydrogen-bond donors (Lipinski definition) is 1. The van der Waals surface area contributed by atoms with E-state index in [0.717, 1.165) is 4.90 Å². The second-order valence-electron chi connectivity index (χ2n) is 4.45. The Morgan fingerprint density at radius 1 is 1.10 bits per heavy atom. The van der Waals surface area contributed by atoms with Crippen molar-refractivity contribution in [2.45, 2.75) is 6.67 Å². The highest BCUT2D eigenvalue weighted by Gasteiger charge is 2.18. The fourth-order valence-corrected chi connectivity index (χ4v) is 2.15. The number of nitrogens with zero attached hydrogens (tertiary/aromatic N) is 2. The van der Waals surface area contributed by atoms with Gasteiger partial charge in [0.25, 0.3) is 0 Å². The molecule has 0 fully saturated rings. The quantitative estimate of drug-likeness (QED) is 0.802. The summed E-state index contributed by atoms with van der Waals surface area (Å²) in [5.74, 6) is -0.585. The molecular weight excluding hydrogens is 272 g/mol. The highest BCUT2D eigenvalue weighted by molar-refractivity contribution is 5.85. The molecule has 1 heterocycles. The van der Waals surface area contributed by atoms with E-state index >= 15 is 0 Å². The van der Waals surface area contributed by atoms with Crippen LogP contribution < -0.4 is 10.7 Å². The number of para-hydroxylation sites is 3. The number of hydrogen-bond acceptors (Lipinski definition) is 3. The number of rotatable bonds is 3. The van der Waals surface area contributed by atoms with E-state index in [-0.39, 0.29) is 6.67 Å². The Morgan fingerprint density at radius 2 is 1.76 bits per heavy atom. The van der Waals surface area contributed by atoms with E-state index in [2.05, 4.69) is 0 Å². The number of anilines is 1. The van der Waals surface area contributed by atoms with Gasteiger partial charge in [-0.3, -0.25) is 9.47 Å². The fraction of sp³-hybridized carbons (Fsp3) is 0.0667. The second-order valence-corrected chi connectivity index (χ2v) is 4.45. The summed E-state index contributed by atoms with van der Waals surface area (Å²) < 4.78 is 6.39. The first-order valence-electron chi connectivity index (χ1n) is 6.31. The van der Waals surface area contributed by atoms with Crippen molar-refractivity contribution in [1.82, 2.24) is 4.57 Å². The van der Waals surface area contributed by atoms with Crippen LogP contribution in [0.5, 0.6) is 0 Å². The van der Waals surface area contributed by atoms with E-state index in [1.165, 1.54) is 4.57 Å². The Bertz CT molecular complexity index is 836. The SMILES string of the molecule is O=C(O)N(Cn1c(=O)oc2ccccc21)c1ccccc1. The number of carboxylic acid groups (broad SMARTS) is 1. The van der Waals surface area contributed by atoms with Gasteiger partial charge in [0.05, 0.1) is 5.52 Å². The first-order valence-corrected chi connectivity index (χ1v) is 6.31. The first kappa shape index (κ1) is 13.0. The molecule has 0 bridgehead atoms. The molecule has 0 aliphatic heterocycles. The lowest BCUT2D eigenvalue weighted by molar-refractivity contribution is 0.199. The fourth-order valence-electron chi connectivity index (χ4n) is 2.15. The van der Waals surface area contributed by atoms with E-state index in [1.807, 2.05) is 0 Å². The van der Waals surface area contributed by atoms with Crippen molar-refractivity contribution in [3.8, 4) is 0 Å². The minimum Gasteiger partial charge on any atom is -0.465 e. The normalized spacial score (nSPS) is 10.7. The standard InChI is InChI=1S/C15H12N2O4/c18-14(19)16(11-6-2-1-3-7-11)10-17-12-8-4-5-9-13(12)21-15(17)20/h1-9H,10H2,(H,18,19). The van der Waals surface area contributed by atoms with Gasteiger partial charge < -0.3 is 9.52 Å². The maximum atomic E-state index is 11.9. The lowest BCUT2D eigenvalue weighted by atomic mass is 10.3. The van der Waals surface area contributed by atoms with Crippen LogP contribution >= 0.6 is 0 Å². The zero-order chi connectivity index (χ0) is 14.8. The minimum atomic E-state index is -1.14. The number of oxazole rings is 1. The van der Waals surface area contributed by atoms with Crippen LogP contribution in [0.1, 0.15) is 0 Å². The molecule has 0 atom stereocenters. The molecule has 1 N–H and O–H groups in total. The average Bonchev–Trinajstić information content (AvgIpc) is 2.81. The molecule has 1 aromatic heterocycles. The van der Waals surface area contributed by atoms with E-state index in [1.54, 1.807) is 54.6 Å². The number of carbonyl (C=O) groups is 1. The predicted octanol–water partition coefficient (Wildman–Crippen LogP) is 2.74. The summed E-state index contributed by atoms with van der Waals surface area (Å²) in [6.45, 7) is -0.130. The average molecular weight is 284 g/mol. The minimum absolute atomic E-state index is 0.130. The molecule has 106 valence electrons. The molecule has 0 aliphatic carbocycles. The summed E-state index contributed by atoms with van der Waals surface area (Å²) in [7, 11) is 0. The van der Waals surface area contributed by atoms with Crippen LogP contribution in [0.4, 0.5) is 10.5 Å². The summed E-state index contributed by atoms with van der Waals surface area (Å²) in [4.78, 5) is 24.4. The Morgan fingerprint density at radius 3 is 2.48 bits per heavy atom. The zero-order valence-electron chi connectivity index (χ0n) is 11.0. The molecule has 3 rings (SSSR count). The third-order valence-electron chi connectivity index (χ3n) is 3.16. The number of fused-ring (bicyclic) bond motifs is 1. The Kier molecular flexibility index (Phi) is 3.19. The molecule has 0 saturated carbocycles. The van der Waals surface area contributed by atoms with E-state index in [9.17, 15) is 14.7 Å². The maximum absolute atomic E-state index is 11.9. The van der Waals surface area contributed by atoms with Gasteiger partial charge in [0.1, 0.15) is 6.67 Å². The lowest BCUT2D eigenvalue weighted by Crippen LogP contribution is -2.34. The van der Waals surface area contributed by atoms with Crippen LogP contribution in [0.3, 0.4) is 0 Å². The molecule has 2 aromatic carbocycles. The van der Waals surface area contributed by atoms with Gasteiger partial charge in [-0.2, -0.15) is 0 Å². The molecule has 0 spiro atoms. The van der Waals surface area contributed by atoms with E-state index in [0.29, 0.717) is 16.8 Å². The molecule has 6 nitrogen and oxygen atoms in total. The van der Waals surface area contributed by atoms with Gasteiger partial charge in [0.2, 0.25) is 0 Å². The van der Waals surface area contributed by atoms with Gasteiger partial charge in [0, 0.05) is 5.69 Å². The monoisotopic (exact) mass is 284 g/mol. The Balaban J connectivity index is 2.05.